The average molecular weight is 361 g/mol. The first kappa shape index (κ1) is 19.4. The Morgan fingerprint density at radius 3 is 2.38 bits per heavy atom. The van der Waals surface area contributed by atoms with Gasteiger partial charge in [-0.3, -0.25) is 4.79 Å². The van der Waals surface area contributed by atoms with Crippen LogP contribution in [0.15, 0.2) is 29.4 Å². The molecule has 4 amide bonds. The summed E-state index contributed by atoms with van der Waals surface area (Å²) in [5.74, 6) is -0.579. The van der Waals surface area contributed by atoms with E-state index in [4.69, 9.17) is 10.5 Å². The summed E-state index contributed by atoms with van der Waals surface area (Å²) in [4.78, 5) is 36.7. The second-order valence-electron chi connectivity index (χ2n) is 6.76. The minimum absolute atomic E-state index is 0.276. The van der Waals surface area contributed by atoms with E-state index in [-0.39, 0.29) is 18.6 Å². The number of carbonyl (C=O) groups is 3. The molecule has 0 spiro atoms. The molecule has 4 N–H and O–H groups in total. The number of hydrogen-bond donors (Lipinski definition) is 3. The third kappa shape index (κ3) is 4.57. The Labute approximate surface area is 151 Å². The van der Waals surface area contributed by atoms with Gasteiger partial charge in [0.2, 0.25) is 5.91 Å². The second-order valence-corrected chi connectivity index (χ2v) is 6.76. The van der Waals surface area contributed by atoms with Crippen molar-refractivity contribution in [3.8, 4) is 0 Å². The third-order valence-corrected chi connectivity index (χ3v) is 3.46. The molecular weight excluding hydrogens is 338 g/mol. The molecule has 2 rings (SSSR count). The van der Waals surface area contributed by atoms with Crippen molar-refractivity contribution in [1.82, 2.24) is 10.7 Å². The number of benzene rings is 1. The number of amides is 4. The summed E-state index contributed by atoms with van der Waals surface area (Å²) < 4.78 is 5.28. The number of nitrogens with one attached hydrogen (secondary N) is 2. The molecular formula is C17H23N5O4. The predicted molar refractivity (Wildman–Crippen MR) is 96.9 cm³/mol. The third-order valence-electron chi connectivity index (χ3n) is 3.46. The van der Waals surface area contributed by atoms with E-state index in [0.717, 1.165) is 10.5 Å². The van der Waals surface area contributed by atoms with Crippen LogP contribution in [-0.2, 0) is 9.53 Å². The minimum Gasteiger partial charge on any atom is -0.443 e. The van der Waals surface area contributed by atoms with E-state index in [1.807, 2.05) is 0 Å². The summed E-state index contributed by atoms with van der Waals surface area (Å²) in [5.41, 5.74) is 8.72. The van der Waals surface area contributed by atoms with Crippen molar-refractivity contribution in [2.45, 2.75) is 39.3 Å². The molecule has 1 heterocycles. The van der Waals surface area contributed by atoms with Crippen LogP contribution >= 0.6 is 0 Å². The zero-order valence-corrected chi connectivity index (χ0v) is 15.2. The van der Waals surface area contributed by atoms with Gasteiger partial charge in [-0.05, 0) is 39.8 Å². The predicted octanol–water partition coefficient (Wildman–Crippen LogP) is 1.32. The number of imide groups is 1. The highest BCUT2D eigenvalue weighted by Gasteiger charge is 2.28. The Hall–Kier alpha value is -2.94. The molecule has 1 aromatic rings. The van der Waals surface area contributed by atoms with Gasteiger partial charge < -0.3 is 15.8 Å². The maximum Gasteiger partial charge on any atom is 0.421 e. The van der Waals surface area contributed by atoms with Gasteiger partial charge >= 0.3 is 12.1 Å². The number of urea groups is 1. The lowest BCUT2D eigenvalue weighted by atomic mass is 10.0. The molecule has 1 aromatic carbocycles. The minimum atomic E-state index is -0.794. The van der Waals surface area contributed by atoms with E-state index < -0.39 is 17.6 Å². The molecule has 26 heavy (non-hydrogen) atoms. The largest absolute Gasteiger partial charge is 0.443 e. The Morgan fingerprint density at radius 1 is 1.27 bits per heavy atom. The number of carbonyl (C=O) groups excluding carboxylic acids is 3. The van der Waals surface area contributed by atoms with Gasteiger partial charge in [-0.2, -0.15) is 5.10 Å². The molecule has 0 saturated carbocycles. The highest BCUT2D eigenvalue weighted by Crippen LogP contribution is 2.20. The molecule has 0 radical (unpaired) electrons. The van der Waals surface area contributed by atoms with Gasteiger partial charge in [-0.15, -0.1) is 0 Å². The summed E-state index contributed by atoms with van der Waals surface area (Å²) in [6, 6.07) is 5.94. The molecule has 0 saturated heterocycles. The SMILES string of the molecule is CC1NC(=O)NN=C1c1ccc(N(C(=O)CN)C(=O)OC(C)(C)C)cc1. The van der Waals surface area contributed by atoms with Gasteiger partial charge in [0.05, 0.1) is 24.0 Å². The van der Waals surface area contributed by atoms with Crippen LogP contribution in [0, 0.1) is 0 Å². The molecule has 1 aliphatic heterocycles. The normalized spacial score (nSPS) is 16.9. The van der Waals surface area contributed by atoms with Gasteiger partial charge in [-0.25, -0.2) is 19.9 Å². The summed E-state index contributed by atoms with van der Waals surface area (Å²) in [5, 5.41) is 6.73. The summed E-state index contributed by atoms with van der Waals surface area (Å²) in [7, 11) is 0. The van der Waals surface area contributed by atoms with Crippen molar-refractivity contribution in [2.24, 2.45) is 10.8 Å². The molecule has 0 aliphatic carbocycles. The summed E-state index contributed by atoms with van der Waals surface area (Å²) in [6.45, 7) is 6.60. The Bertz CT molecular complexity index is 737. The molecule has 9 nitrogen and oxygen atoms in total. The number of hydrazone groups is 1. The van der Waals surface area contributed by atoms with Crippen LogP contribution in [-0.4, -0.2) is 41.9 Å². The summed E-state index contributed by atoms with van der Waals surface area (Å²) in [6.07, 6.45) is -0.794. The van der Waals surface area contributed by atoms with Gasteiger partial charge in [0.25, 0.3) is 0 Å². The van der Waals surface area contributed by atoms with E-state index in [0.29, 0.717) is 11.4 Å². The number of nitrogens with two attached hydrogens (primary N) is 1. The molecule has 1 atom stereocenters. The number of ether oxygens (including phenoxy) is 1. The standard InChI is InChI=1S/C17H23N5O4/c1-10-14(20-21-15(24)19-10)11-5-7-12(8-6-11)22(13(23)9-18)16(25)26-17(2,3)4/h5-8,10H,9,18H2,1-4H3,(H2,19,21,24). The lowest BCUT2D eigenvalue weighted by Gasteiger charge is -2.26. The van der Waals surface area contributed by atoms with Crippen molar-refractivity contribution in [3.05, 3.63) is 29.8 Å². The van der Waals surface area contributed by atoms with Crippen molar-refractivity contribution >= 4 is 29.4 Å². The monoisotopic (exact) mass is 361 g/mol. The maximum absolute atomic E-state index is 12.4. The van der Waals surface area contributed by atoms with E-state index >= 15 is 0 Å². The van der Waals surface area contributed by atoms with Gasteiger partial charge in [0.15, 0.2) is 0 Å². The van der Waals surface area contributed by atoms with Crippen molar-refractivity contribution in [3.63, 3.8) is 0 Å². The lowest BCUT2D eigenvalue weighted by Crippen LogP contribution is -2.48. The van der Waals surface area contributed by atoms with Crippen LogP contribution in [0.2, 0.25) is 0 Å². The second kappa shape index (κ2) is 7.52. The first-order valence-electron chi connectivity index (χ1n) is 8.13. The Morgan fingerprint density at radius 2 is 1.88 bits per heavy atom. The Balaban J connectivity index is 2.29. The fraction of sp³-hybridized carbons (Fsp3) is 0.412. The maximum atomic E-state index is 12.4. The highest BCUT2D eigenvalue weighted by atomic mass is 16.6. The van der Waals surface area contributed by atoms with Crippen LogP contribution in [0.1, 0.15) is 33.3 Å². The quantitative estimate of drug-likeness (QED) is 0.748. The first-order valence-corrected chi connectivity index (χ1v) is 8.13. The van der Waals surface area contributed by atoms with Crippen LogP contribution in [0.5, 0.6) is 0 Å². The average Bonchev–Trinajstić information content (AvgIpc) is 2.54. The number of nitrogens with zero attached hydrogens (tertiary/aromatic N) is 2. The zero-order valence-electron chi connectivity index (χ0n) is 15.2. The van der Waals surface area contributed by atoms with Crippen LogP contribution < -0.4 is 21.4 Å². The molecule has 0 fully saturated rings. The van der Waals surface area contributed by atoms with Crippen LogP contribution in [0.25, 0.3) is 0 Å². The molecule has 140 valence electrons. The highest BCUT2D eigenvalue weighted by molar-refractivity contribution is 6.13. The van der Waals surface area contributed by atoms with Crippen molar-refractivity contribution in [2.75, 3.05) is 11.4 Å². The number of hydrogen-bond acceptors (Lipinski definition) is 6. The van der Waals surface area contributed by atoms with E-state index in [9.17, 15) is 14.4 Å². The first-order chi connectivity index (χ1) is 12.1. The fourth-order valence-electron chi connectivity index (χ4n) is 2.35. The molecule has 9 heteroatoms. The zero-order chi connectivity index (χ0) is 19.5. The van der Waals surface area contributed by atoms with Gasteiger partial charge in [-0.1, -0.05) is 12.1 Å². The number of rotatable bonds is 3. The fourth-order valence-corrected chi connectivity index (χ4v) is 2.35. The van der Waals surface area contributed by atoms with Gasteiger partial charge in [0, 0.05) is 5.56 Å². The molecule has 0 aromatic heterocycles. The summed E-state index contributed by atoms with van der Waals surface area (Å²) >= 11 is 0. The smallest absolute Gasteiger partial charge is 0.421 e. The van der Waals surface area contributed by atoms with Crippen molar-refractivity contribution in [1.29, 1.82) is 0 Å². The molecule has 1 aliphatic rings. The Kier molecular flexibility index (Phi) is 5.61. The van der Waals surface area contributed by atoms with Crippen LogP contribution in [0.4, 0.5) is 15.3 Å². The van der Waals surface area contributed by atoms with E-state index in [1.165, 1.54) is 0 Å². The molecule has 0 bridgehead atoms. The van der Waals surface area contributed by atoms with E-state index in [2.05, 4.69) is 15.8 Å². The van der Waals surface area contributed by atoms with E-state index in [1.54, 1.807) is 52.0 Å². The molecule has 1 unspecified atom stereocenters. The van der Waals surface area contributed by atoms with Gasteiger partial charge in [0.1, 0.15) is 5.60 Å². The van der Waals surface area contributed by atoms with Crippen LogP contribution in [0.3, 0.4) is 0 Å². The number of anilines is 1. The van der Waals surface area contributed by atoms with Crippen molar-refractivity contribution < 1.29 is 19.1 Å². The lowest BCUT2D eigenvalue weighted by molar-refractivity contribution is -0.117. The topological polar surface area (TPSA) is 126 Å².